The van der Waals surface area contributed by atoms with E-state index in [0.717, 1.165) is 24.2 Å². The average Bonchev–Trinajstić information content (AvgIpc) is 3.26. The second-order valence-electron chi connectivity index (χ2n) is 9.66. The second kappa shape index (κ2) is 7.46. The van der Waals surface area contributed by atoms with E-state index in [0.29, 0.717) is 12.5 Å². The maximum absolute atomic E-state index is 10.9. The van der Waals surface area contributed by atoms with Crippen molar-refractivity contribution in [1.82, 2.24) is 0 Å². The van der Waals surface area contributed by atoms with Crippen LogP contribution in [0.5, 0.6) is 5.75 Å². The Hall–Kier alpha value is -2.81. The molecule has 2 aromatic rings. The van der Waals surface area contributed by atoms with Crippen LogP contribution in [-0.2, 0) is 22.0 Å². The summed E-state index contributed by atoms with van der Waals surface area (Å²) in [6, 6.07) is 15.2. The van der Waals surface area contributed by atoms with Gasteiger partial charge < -0.3 is 9.84 Å². The Balaban J connectivity index is 1.67. The predicted octanol–water partition coefficient (Wildman–Crippen LogP) is 5.81. The van der Waals surface area contributed by atoms with Crippen molar-refractivity contribution in [2.45, 2.75) is 51.4 Å². The fraction of sp³-hybridized carbons (Fsp3) is 0.370. The molecule has 0 bridgehead atoms. The Morgan fingerprint density at radius 1 is 1.20 bits per heavy atom. The SMILES string of the molecule is CC(C=C[C@@H]1C[C@]1(C)c1cc(Cc2ccccc2)c2c(c1)C(C)(C)CO2)=CC(=O)O. The molecule has 4 rings (SSSR count). The lowest BCUT2D eigenvalue weighted by Gasteiger charge is -2.20. The first-order valence-electron chi connectivity index (χ1n) is 10.6. The standard InChI is InChI=1S/C27H30O3/c1-18(12-24(28)29)10-11-21-16-27(21,4)22-14-20(13-19-8-6-5-7-9-19)25-23(15-22)26(2,3)17-30-25/h5-12,14-15,21H,13,16-17H2,1-4H3,(H,28,29)/t21-,27+/m1/s1. The highest BCUT2D eigenvalue weighted by molar-refractivity contribution is 5.81. The van der Waals surface area contributed by atoms with Crippen molar-refractivity contribution >= 4 is 5.97 Å². The highest BCUT2D eigenvalue weighted by Gasteiger charge is 2.50. The summed E-state index contributed by atoms with van der Waals surface area (Å²) in [6.45, 7) is 9.36. The number of carboxylic acid groups (broad SMARTS) is 1. The van der Waals surface area contributed by atoms with E-state index in [-0.39, 0.29) is 10.8 Å². The molecule has 0 spiro atoms. The summed E-state index contributed by atoms with van der Waals surface area (Å²) >= 11 is 0. The van der Waals surface area contributed by atoms with Gasteiger partial charge in [-0.1, -0.05) is 75.4 Å². The summed E-state index contributed by atoms with van der Waals surface area (Å²) in [5.41, 5.74) is 6.08. The molecule has 0 aromatic heterocycles. The molecule has 3 nitrogen and oxygen atoms in total. The number of hydrogen-bond donors (Lipinski definition) is 1. The molecule has 3 heteroatoms. The van der Waals surface area contributed by atoms with Gasteiger partial charge in [-0.25, -0.2) is 4.79 Å². The van der Waals surface area contributed by atoms with Crippen LogP contribution in [0, 0.1) is 5.92 Å². The summed E-state index contributed by atoms with van der Waals surface area (Å²) in [5.74, 6) is 0.578. The van der Waals surface area contributed by atoms with Gasteiger partial charge in [0.2, 0.25) is 0 Å². The highest BCUT2D eigenvalue weighted by atomic mass is 16.5. The maximum Gasteiger partial charge on any atom is 0.328 e. The van der Waals surface area contributed by atoms with Gasteiger partial charge in [0.05, 0.1) is 6.61 Å². The molecular weight excluding hydrogens is 372 g/mol. The number of carboxylic acids is 1. The number of hydrogen-bond acceptors (Lipinski definition) is 2. The third-order valence-corrected chi connectivity index (χ3v) is 6.61. The molecule has 1 saturated carbocycles. The van der Waals surface area contributed by atoms with Crippen LogP contribution in [-0.4, -0.2) is 17.7 Å². The Morgan fingerprint density at radius 2 is 1.93 bits per heavy atom. The maximum atomic E-state index is 10.9. The third kappa shape index (κ3) is 3.94. The predicted molar refractivity (Wildman–Crippen MR) is 120 cm³/mol. The molecule has 1 fully saturated rings. The molecule has 0 amide bonds. The number of aliphatic carboxylic acids is 1. The Morgan fingerprint density at radius 3 is 2.63 bits per heavy atom. The van der Waals surface area contributed by atoms with Gasteiger partial charge in [0.15, 0.2) is 0 Å². The van der Waals surface area contributed by atoms with E-state index >= 15 is 0 Å². The van der Waals surface area contributed by atoms with E-state index in [9.17, 15) is 4.79 Å². The van der Waals surface area contributed by atoms with Gasteiger partial charge in [0.1, 0.15) is 5.75 Å². The van der Waals surface area contributed by atoms with Crippen LogP contribution in [0.1, 0.15) is 56.4 Å². The average molecular weight is 403 g/mol. The molecule has 0 unspecified atom stereocenters. The van der Waals surface area contributed by atoms with Crippen LogP contribution in [0.4, 0.5) is 0 Å². The summed E-state index contributed by atoms with van der Waals surface area (Å²) in [5, 5.41) is 8.91. The van der Waals surface area contributed by atoms with Gasteiger partial charge in [-0.2, -0.15) is 0 Å². The van der Waals surface area contributed by atoms with Crippen LogP contribution in [0.15, 0.2) is 66.3 Å². The Labute approximate surface area is 179 Å². The molecule has 1 aliphatic heterocycles. The number of carbonyl (C=O) groups is 1. The van der Waals surface area contributed by atoms with Crippen molar-refractivity contribution in [2.24, 2.45) is 5.92 Å². The van der Waals surface area contributed by atoms with Crippen molar-refractivity contribution in [3.63, 3.8) is 0 Å². The first-order valence-corrected chi connectivity index (χ1v) is 10.6. The Kier molecular flexibility index (Phi) is 5.09. The summed E-state index contributed by atoms with van der Waals surface area (Å²) in [4.78, 5) is 10.9. The zero-order valence-electron chi connectivity index (χ0n) is 18.2. The quantitative estimate of drug-likeness (QED) is 0.490. The number of benzene rings is 2. The number of allylic oxidation sites excluding steroid dienone is 3. The van der Waals surface area contributed by atoms with Crippen molar-refractivity contribution < 1.29 is 14.6 Å². The monoisotopic (exact) mass is 402 g/mol. The first-order chi connectivity index (χ1) is 14.2. The van der Waals surface area contributed by atoms with Gasteiger partial charge in [-0.3, -0.25) is 0 Å². The van der Waals surface area contributed by atoms with Gasteiger partial charge in [0, 0.05) is 23.5 Å². The molecule has 156 valence electrons. The number of ether oxygens (including phenoxy) is 1. The van der Waals surface area contributed by atoms with Gasteiger partial charge in [0.25, 0.3) is 0 Å². The molecule has 0 radical (unpaired) electrons. The fourth-order valence-corrected chi connectivity index (χ4v) is 4.49. The minimum atomic E-state index is -0.901. The normalized spacial score (nSPS) is 24.5. The van der Waals surface area contributed by atoms with Crippen molar-refractivity contribution in [2.75, 3.05) is 6.61 Å². The molecule has 1 heterocycles. The smallest absolute Gasteiger partial charge is 0.328 e. The molecule has 1 N–H and O–H groups in total. The van der Waals surface area contributed by atoms with Crippen molar-refractivity contribution in [1.29, 1.82) is 0 Å². The number of rotatable bonds is 6. The highest BCUT2D eigenvalue weighted by Crippen LogP contribution is 2.57. The van der Waals surface area contributed by atoms with Crippen LogP contribution in [0.2, 0.25) is 0 Å². The summed E-state index contributed by atoms with van der Waals surface area (Å²) in [6.07, 6.45) is 7.30. The van der Waals surface area contributed by atoms with E-state index in [1.54, 1.807) is 0 Å². The minimum Gasteiger partial charge on any atom is -0.492 e. The van der Waals surface area contributed by atoms with Crippen molar-refractivity contribution in [3.05, 3.63) is 88.5 Å². The molecule has 2 atom stereocenters. The molecule has 30 heavy (non-hydrogen) atoms. The summed E-state index contributed by atoms with van der Waals surface area (Å²) in [7, 11) is 0. The second-order valence-corrected chi connectivity index (χ2v) is 9.66. The lowest BCUT2D eigenvalue weighted by Crippen LogP contribution is -2.19. The van der Waals surface area contributed by atoms with E-state index < -0.39 is 5.97 Å². The lowest BCUT2D eigenvalue weighted by atomic mass is 9.81. The Bertz CT molecular complexity index is 1030. The lowest BCUT2D eigenvalue weighted by molar-refractivity contribution is -0.131. The summed E-state index contributed by atoms with van der Waals surface area (Å²) < 4.78 is 6.17. The van der Waals surface area contributed by atoms with Gasteiger partial charge in [-0.05, 0) is 46.9 Å². The van der Waals surface area contributed by atoms with Crippen LogP contribution >= 0.6 is 0 Å². The van der Waals surface area contributed by atoms with E-state index in [1.165, 1.54) is 28.3 Å². The molecule has 0 saturated heterocycles. The fourth-order valence-electron chi connectivity index (χ4n) is 4.49. The molecule has 1 aliphatic carbocycles. The molecule has 2 aromatic carbocycles. The van der Waals surface area contributed by atoms with Crippen LogP contribution in [0.3, 0.4) is 0 Å². The van der Waals surface area contributed by atoms with E-state index in [2.05, 4.69) is 63.2 Å². The number of fused-ring (bicyclic) bond motifs is 1. The van der Waals surface area contributed by atoms with Crippen molar-refractivity contribution in [3.8, 4) is 5.75 Å². The molecule has 2 aliphatic rings. The molecular formula is C27H30O3. The third-order valence-electron chi connectivity index (χ3n) is 6.61. The topological polar surface area (TPSA) is 46.5 Å². The van der Waals surface area contributed by atoms with E-state index in [1.807, 2.05) is 19.1 Å². The van der Waals surface area contributed by atoms with Crippen LogP contribution in [0.25, 0.3) is 0 Å². The van der Waals surface area contributed by atoms with Gasteiger partial charge >= 0.3 is 5.97 Å². The largest absolute Gasteiger partial charge is 0.492 e. The minimum absolute atomic E-state index is 0.00812. The van der Waals surface area contributed by atoms with Gasteiger partial charge in [-0.15, -0.1) is 0 Å². The zero-order chi connectivity index (χ0) is 21.5. The van der Waals surface area contributed by atoms with E-state index in [4.69, 9.17) is 9.84 Å². The first kappa shape index (κ1) is 20.5. The zero-order valence-corrected chi connectivity index (χ0v) is 18.2. The van der Waals surface area contributed by atoms with Crippen LogP contribution < -0.4 is 4.74 Å².